The van der Waals surface area contributed by atoms with E-state index in [1.165, 1.54) is 35.2 Å². The SMILES string of the molecule is Cc1ccc(-n2nc(OC(C)C(=O)NCCC3=CCCCC3)ccc2=O)cc1C. The standard InChI is InChI=1S/C23H29N3O3/c1-16-9-10-20(15-17(16)2)26-22(27)12-11-21(25-26)29-18(3)23(28)24-14-13-19-7-5-4-6-8-19/h7,9-12,15,18H,4-6,8,13-14H2,1-3H3,(H,24,28). The number of nitrogens with one attached hydrogen (secondary N) is 1. The molecule has 0 bridgehead atoms. The van der Waals surface area contributed by atoms with Gasteiger partial charge >= 0.3 is 0 Å². The molecule has 0 aliphatic heterocycles. The van der Waals surface area contributed by atoms with Crippen LogP contribution in [0.1, 0.15) is 50.2 Å². The highest BCUT2D eigenvalue weighted by Gasteiger charge is 2.16. The Kier molecular flexibility index (Phi) is 6.86. The van der Waals surface area contributed by atoms with Crippen LogP contribution in [-0.4, -0.2) is 28.3 Å². The third kappa shape index (κ3) is 5.56. The minimum absolute atomic E-state index is 0.188. The lowest BCUT2D eigenvalue weighted by Gasteiger charge is -2.16. The second-order valence-corrected chi connectivity index (χ2v) is 7.60. The maximum absolute atomic E-state index is 12.3. The zero-order valence-electron chi connectivity index (χ0n) is 17.4. The van der Waals surface area contributed by atoms with Crippen LogP contribution in [0.5, 0.6) is 5.88 Å². The number of hydrogen-bond donors (Lipinski definition) is 1. The second kappa shape index (κ2) is 9.54. The van der Waals surface area contributed by atoms with Gasteiger partial charge in [0.05, 0.1) is 5.69 Å². The van der Waals surface area contributed by atoms with Gasteiger partial charge in [-0.1, -0.05) is 17.7 Å². The van der Waals surface area contributed by atoms with Gasteiger partial charge in [0.15, 0.2) is 6.10 Å². The molecule has 0 fully saturated rings. The summed E-state index contributed by atoms with van der Waals surface area (Å²) in [5, 5.41) is 7.20. The molecular formula is C23H29N3O3. The Morgan fingerprint density at radius 2 is 2.03 bits per heavy atom. The van der Waals surface area contributed by atoms with E-state index in [0.29, 0.717) is 12.2 Å². The third-order valence-electron chi connectivity index (χ3n) is 5.31. The van der Waals surface area contributed by atoms with Gasteiger partial charge in [0.1, 0.15) is 0 Å². The average Bonchev–Trinajstić information content (AvgIpc) is 2.72. The molecule has 0 saturated carbocycles. The van der Waals surface area contributed by atoms with E-state index in [-0.39, 0.29) is 17.3 Å². The molecule has 1 N–H and O–H groups in total. The van der Waals surface area contributed by atoms with E-state index in [0.717, 1.165) is 30.4 Å². The maximum atomic E-state index is 12.3. The van der Waals surface area contributed by atoms with E-state index in [1.54, 1.807) is 6.92 Å². The lowest BCUT2D eigenvalue weighted by molar-refractivity contribution is -0.127. The highest BCUT2D eigenvalue weighted by Crippen LogP contribution is 2.19. The Bertz CT molecular complexity index is 962. The molecule has 2 aromatic rings. The first kappa shape index (κ1) is 20.8. The van der Waals surface area contributed by atoms with Gasteiger partial charge in [-0.3, -0.25) is 9.59 Å². The number of allylic oxidation sites excluding steroid dienone is 1. The molecule has 1 unspecified atom stereocenters. The number of carbonyl (C=O) groups is 1. The zero-order chi connectivity index (χ0) is 20.8. The first-order chi connectivity index (χ1) is 13.9. The highest BCUT2D eigenvalue weighted by atomic mass is 16.5. The van der Waals surface area contributed by atoms with Crippen LogP contribution in [0.25, 0.3) is 5.69 Å². The van der Waals surface area contributed by atoms with Crippen LogP contribution >= 0.6 is 0 Å². The molecule has 0 radical (unpaired) electrons. The number of hydrogen-bond acceptors (Lipinski definition) is 4. The normalized spacial score (nSPS) is 14.8. The molecular weight excluding hydrogens is 366 g/mol. The minimum atomic E-state index is -0.700. The number of benzene rings is 1. The van der Waals surface area contributed by atoms with Gasteiger partial charge in [-0.15, -0.1) is 5.10 Å². The maximum Gasteiger partial charge on any atom is 0.271 e. The second-order valence-electron chi connectivity index (χ2n) is 7.60. The monoisotopic (exact) mass is 395 g/mol. The van der Waals surface area contributed by atoms with Crippen LogP contribution in [0, 0.1) is 13.8 Å². The van der Waals surface area contributed by atoms with Crippen molar-refractivity contribution in [1.82, 2.24) is 15.1 Å². The van der Waals surface area contributed by atoms with Crippen molar-refractivity contribution in [3.63, 3.8) is 0 Å². The number of rotatable bonds is 7. The van der Waals surface area contributed by atoms with E-state index >= 15 is 0 Å². The molecule has 3 rings (SSSR count). The molecule has 1 aliphatic carbocycles. The van der Waals surface area contributed by atoms with Gasteiger partial charge in [-0.2, -0.15) is 4.68 Å². The van der Waals surface area contributed by atoms with Crippen molar-refractivity contribution in [2.75, 3.05) is 6.54 Å². The molecule has 6 heteroatoms. The van der Waals surface area contributed by atoms with Crippen LogP contribution in [0.2, 0.25) is 0 Å². The fourth-order valence-electron chi connectivity index (χ4n) is 3.36. The Balaban J connectivity index is 1.61. The number of ether oxygens (including phenoxy) is 1. The van der Waals surface area contributed by atoms with Crippen LogP contribution in [0.15, 0.2) is 46.8 Å². The molecule has 154 valence electrons. The van der Waals surface area contributed by atoms with Gasteiger partial charge in [0.2, 0.25) is 5.88 Å². The van der Waals surface area contributed by atoms with Gasteiger partial charge < -0.3 is 10.1 Å². The molecule has 29 heavy (non-hydrogen) atoms. The summed E-state index contributed by atoms with van der Waals surface area (Å²) < 4.78 is 6.99. The lowest BCUT2D eigenvalue weighted by atomic mass is 9.97. The Hall–Kier alpha value is -2.89. The topological polar surface area (TPSA) is 73.2 Å². The van der Waals surface area contributed by atoms with Crippen LogP contribution in [0.4, 0.5) is 0 Å². The van der Waals surface area contributed by atoms with Gasteiger partial charge in [0.25, 0.3) is 11.5 Å². The van der Waals surface area contributed by atoms with E-state index in [2.05, 4.69) is 16.5 Å². The summed E-state index contributed by atoms with van der Waals surface area (Å²) in [4.78, 5) is 24.6. The van der Waals surface area contributed by atoms with Crippen LogP contribution < -0.4 is 15.6 Å². The van der Waals surface area contributed by atoms with Crippen LogP contribution in [-0.2, 0) is 4.79 Å². The quantitative estimate of drug-likeness (QED) is 0.727. The van der Waals surface area contributed by atoms with Crippen molar-refractivity contribution in [2.24, 2.45) is 0 Å². The Morgan fingerprint density at radius 3 is 2.76 bits per heavy atom. The summed E-state index contributed by atoms with van der Waals surface area (Å²) in [6.45, 7) is 6.29. The van der Waals surface area contributed by atoms with Crippen LogP contribution in [0.3, 0.4) is 0 Å². The molecule has 1 aliphatic rings. The van der Waals surface area contributed by atoms with Crippen molar-refractivity contribution in [3.05, 3.63) is 63.5 Å². The summed E-state index contributed by atoms with van der Waals surface area (Å²) in [6.07, 6.45) is 7.24. The third-order valence-corrected chi connectivity index (χ3v) is 5.31. The summed E-state index contributed by atoms with van der Waals surface area (Å²) in [5.41, 5.74) is 4.05. The Morgan fingerprint density at radius 1 is 1.21 bits per heavy atom. The van der Waals surface area contributed by atoms with Crippen molar-refractivity contribution >= 4 is 5.91 Å². The van der Waals surface area contributed by atoms with Gasteiger partial charge in [0, 0.05) is 18.7 Å². The number of amides is 1. The molecule has 1 aromatic carbocycles. The summed E-state index contributed by atoms with van der Waals surface area (Å²) in [5.74, 6) is 0.0487. The molecule has 0 saturated heterocycles. The molecule has 1 atom stereocenters. The van der Waals surface area contributed by atoms with Crippen molar-refractivity contribution < 1.29 is 9.53 Å². The first-order valence-electron chi connectivity index (χ1n) is 10.2. The molecule has 0 spiro atoms. The fraction of sp³-hybridized carbons (Fsp3) is 0.435. The molecule has 6 nitrogen and oxygen atoms in total. The fourth-order valence-corrected chi connectivity index (χ4v) is 3.36. The van der Waals surface area contributed by atoms with E-state index in [9.17, 15) is 9.59 Å². The summed E-state index contributed by atoms with van der Waals surface area (Å²) >= 11 is 0. The van der Waals surface area contributed by atoms with Gasteiger partial charge in [-0.05, 0) is 76.1 Å². The molecule has 1 aromatic heterocycles. The molecule has 1 amide bonds. The zero-order valence-corrected chi connectivity index (χ0v) is 17.4. The van der Waals surface area contributed by atoms with Gasteiger partial charge in [-0.25, -0.2) is 0 Å². The number of aromatic nitrogens is 2. The lowest BCUT2D eigenvalue weighted by Crippen LogP contribution is -2.37. The smallest absolute Gasteiger partial charge is 0.271 e. The predicted molar refractivity (Wildman–Crippen MR) is 114 cm³/mol. The largest absolute Gasteiger partial charge is 0.464 e. The minimum Gasteiger partial charge on any atom is -0.464 e. The van der Waals surface area contributed by atoms with E-state index in [4.69, 9.17) is 4.74 Å². The number of carbonyl (C=O) groups excluding carboxylic acids is 1. The van der Waals surface area contributed by atoms with E-state index in [1.807, 2.05) is 32.0 Å². The van der Waals surface area contributed by atoms with E-state index < -0.39 is 6.10 Å². The Labute approximate surface area is 171 Å². The average molecular weight is 396 g/mol. The highest BCUT2D eigenvalue weighted by molar-refractivity contribution is 5.80. The number of aryl methyl sites for hydroxylation is 2. The van der Waals surface area contributed by atoms with Crippen molar-refractivity contribution in [3.8, 4) is 11.6 Å². The summed E-state index contributed by atoms with van der Waals surface area (Å²) in [7, 11) is 0. The van der Waals surface area contributed by atoms with Crippen molar-refractivity contribution in [2.45, 2.75) is 59.0 Å². The first-order valence-corrected chi connectivity index (χ1v) is 10.2. The number of nitrogens with zero attached hydrogens (tertiary/aromatic N) is 2. The molecule has 1 heterocycles. The summed E-state index contributed by atoms with van der Waals surface area (Å²) in [6, 6.07) is 8.60. The predicted octanol–water partition coefficient (Wildman–Crippen LogP) is 3.62. The van der Waals surface area contributed by atoms with Crippen molar-refractivity contribution in [1.29, 1.82) is 0 Å².